The minimum absolute atomic E-state index is 0.0975. The summed E-state index contributed by atoms with van der Waals surface area (Å²) in [4.78, 5) is 17.2. The van der Waals surface area contributed by atoms with Gasteiger partial charge in [-0.05, 0) is 44.0 Å². The number of para-hydroxylation sites is 2. The molecule has 0 radical (unpaired) electrons. The van der Waals surface area contributed by atoms with Crippen LogP contribution in [0.1, 0.15) is 27.9 Å². The third kappa shape index (κ3) is 2.59. The molecule has 3 nitrogen and oxygen atoms in total. The summed E-state index contributed by atoms with van der Waals surface area (Å²) in [5, 5.41) is 0. The Morgan fingerprint density at radius 1 is 1.00 bits per heavy atom. The molecule has 0 saturated carbocycles. The highest BCUT2D eigenvalue weighted by Gasteiger charge is 2.24. The molecule has 0 spiro atoms. The number of hydrogen-bond acceptors (Lipinski definition) is 2. The number of rotatable bonds is 1. The summed E-state index contributed by atoms with van der Waals surface area (Å²) in [5.41, 5.74) is 5.15. The standard InChI is InChI=1S/C19H22N2O/c1-14-9-10-16(15(2)13-14)19(22)21-12-6-11-20(3)17-7-4-5-8-18(17)21/h4-5,7-10,13H,6,11-12H2,1-3H3. The lowest BCUT2D eigenvalue weighted by atomic mass is 10.0. The maximum absolute atomic E-state index is 13.1. The van der Waals surface area contributed by atoms with Crippen LogP contribution in [0.25, 0.3) is 0 Å². The number of aryl methyl sites for hydroxylation is 2. The van der Waals surface area contributed by atoms with Crippen molar-refractivity contribution >= 4 is 17.3 Å². The summed E-state index contributed by atoms with van der Waals surface area (Å²) in [6, 6.07) is 14.2. The number of anilines is 2. The van der Waals surface area contributed by atoms with Crippen LogP contribution in [0.15, 0.2) is 42.5 Å². The van der Waals surface area contributed by atoms with Crippen molar-refractivity contribution in [1.29, 1.82) is 0 Å². The first-order valence-corrected chi connectivity index (χ1v) is 7.77. The van der Waals surface area contributed by atoms with E-state index in [-0.39, 0.29) is 5.91 Å². The Kier molecular flexibility index (Phi) is 3.88. The molecule has 0 aromatic heterocycles. The molecule has 0 atom stereocenters. The Morgan fingerprint density at radius 3 is 2.45 bits per heavy atom. The molecule has 114 valence electrons. The zero-order valence-electron chi connectivity index (χ0n) is 13.5. The van der Waals surface area contributed by atoms with E-state index >= 15 is 0 Å². The van der Waals surface area contributed by atoms with E-state index in [1.807, 2.05) is 42.2 Å². The molecule has 0 unspecified atom stereocenters. The molecule has 0 bridgehead atoms. The Hall–Kier alpha value is -2.29. The molecule has 22 heavy (non-hydrogen) atoms. The van der Waals surface area contributed by atoms with Crippen molar-refractivity contribution in [3.05, 3.63) is 59.2 Å². The van der Waals surface area contributed by atoms with Crippen LogP contribution in [0.4, 0.5) is 11.4 Å². The van der Waals surface area contributed by atoms with Crippen LogP contribution >= 0.6 is 0 Å². The summed E-state index contributed by atoms with van der Waals surface area (Å²) in [6.07, 6.45) is 0.974. The summed E-state index contributed by atoms with van der Waals surface area (Å²) < 4.78 is 0. The lowest BCUT2D eigenvalue weighted by Crippen LogP contribution is -2.32. The van der Waals surface area contributed by atoms with Gasteiger partial charge in [-0.15, -0.1) is 0 Å². The second-order valence-electron chi connectivity index (χ2n) is 6.04. The topological polar surface area (TPSA) is 23.6 Å². The highest BCUT2D eigenvalue weighted by Crippen LogP contribution is 2.32. The molecular formula is C19H22N2O. The molecule has 0 saturated heterocycles. The summed E-state index contributed by atoms with van der Waals surface area (Å²) in [5.74, 6) is 0.0975. The molecule has 3 rings (SSSR count). The summed E-state index contributed by atoms with van der Waals surface area (Å²) >= 11 is 0. The molecule has 0 fully saturated rings. The molecule has 1 aliphatic rings. The lowest BCUT2D eigenvalue weighted by molar-refractivity contribution is 0.0986. The first kappa shape index (κ1) is 14.6. The van der Waals surface area contributed by atoms with Gasteiger partial charge >= 0.3 is 0 Å². The van der Waals surface area contributed by atoms with Gasteiger partial charge in [0.2, 0.25) is 0 Å². The van der Waals surface area contributed by atoms with Gasteiger partial charge in [-0.3, -0.25) is 4.79 Å². The van der Waals surface area contributed by atoms with E-state index in [0.29, 0.717) is 0 Å². The number of fused-ring (bicyclic) bond motifs is 1. The smallest absolute Gasteiger partial charge is 0.258 e. The first-order valence-electron chi connectivity index (χ1n) is 7.77. The molecule has 0 N–H and O–H groups in total. The average Bonchev–Trinajstić information content (AvgIpc) is 2.66. The molecule has 3 heteroatoms. The Balaban J connectivity index is 2.03. The fourth-order valence-electron chi connectivity index (χ4n) is 3.13. The number of carbonyl (C=O) groups is 1. The Morgan fingerprint density at radius 2 is 1.73 bits per heavy atom. The fraction of sp³-hybridized carbons (Fsp3) is 0.316. The zero-order chi connectivity index (χ0) is 15.7. The maximum Gasteiger partial charge on any atom is 0.258 e. The van der Waals surface area contributed by atoms with Crippen LogP contribution in [-0.4, -0.2) is 26.0 Å². The van der Waals surface area contributed by atoms with E-state index in [4.69, 9.17) is 0 Å². The maximum atomic E-state index is 13.1. The molecule has 2 aromatic carbocycles. The second kappa shape index (κ2) is 5.84. The predicted octanol–water partition coefficient (Wildman–Crippen LogP) is 3.79. The van der Waals surface area contributed by atoms with Gasteiger partial charge in [0, 0.05) is 25.7 Å². The van der Waals surface area contributed by atoms with Gasteiger partial charge in [0.15, 0.2) is 0 Å². The van der Waals surface area contributed by atoms with Gasteiger partial charge in [0.25, 0.3) is 5.91 Å². The number of benzene rings is 2. The predicted molar refractivity (Wildman–Crippen MR) is 91.9 cm³/mol. The van der Waals surface area contributed by atoms with Gasteiger partial charge in [-0.2, -0.15) is 0 Å². The van der Waals surface area contributed by atoms with E-state index in [2.05, 4.69) is 31.0 Å². The van der Waals surface area contributed by atoms with E-state index in [1.54, 1.807) is 0 Å². The Labute approximate surface area is 132 Å². The van der Waals surface area contributed by atoms with Crippen molar-refractivity contribution in [2.45, 2.75) is 20.3 Å². The highest BCUT2D eigenvalue weighted by atomic mass is 16.2. The molecular weight excluding hydrogens is 272 g/mol. The van der Waals surface area contributed by atoms with Crippen molar-refractivity contribution in [3.63, 3.8) is 0 Å². The number of carbonyl (C=O) groups excluding carboxylic acids is 1. The van der Waals surface area contributed by atoms with Crippen LogP contribution in [0.2, 0.25) is 0 Å². The van der Waals surface area contributed by atoms with Crippen molar-refractivity contribution in [2.24, 2.45) is 0 Å². The number of amides is 1. The van der Waals surface area contributed by atoms with Crippen LogP contribution in [0.5, 0.6) is 0 Å². The number of hydrogen-bond donors (Lipinski definition) is 0. The Bertz CT molecular complexity index is 708. The average molecular weight is 294 g/mol. The monoisotopic (exact) mass is 294 g/mol. The minimum Gasteiger partial charge on any atom is -0.373 e. The van der Waals surface area contributed by atoms with E-state index < -0.39 is 0 Å². The lowest BCUT2D eigenvalue weighted by Gasteiger charge is -2.25. The van der Waals surface area contributed by atoms with Crippen molar-refractivity contribution in [2.75, 3.05) is 29.9 Å². The summed E-state index contributed by atoms with van der Waals surface area (Å²) in [7, 11) is 2.09. The summed E-state index contributed by atoms with van der Waals surface area (Å²) in [6.45, 7) is 5.79. The molecule has 1 heterocycles. The van der Waals surface area contributed by atoms with Crippen LogP contribution in [0, 0.1) is 13.8 Å². The highest BCUT2D eigenvalue weighted by molar-refractivity contribution is 6.08. The minimum atomic E-state index is 0.0975. The van der Waals surface area contributed by atoms with Crippen molar-refractivity contribution < 1.29 is 4.79 Å². The molecule has 0 aliphatic carbocycles. The largest absolute Gasteiger partial charge is 0.373 e. The van der Waals surface area contributed by atoms with Gasteiger partial charge in [-0.1, -0.05) is 29.8 Å². The normalized spacial score (nSPS) is 14.5. The van der Waals surface area contributed by atoms with Crippen LogP contribution < -0.4 is 9.80 Å². The zero-order valence-corrected chi connectivity index (χ0v) is 13.5. The van der Waals surface area contributed by atoms with Gasteiger partial charge in [0.1, 0.15) is 0 Å². The van der Waals surface area contributed by atoms with E-state index in [1.165, 1.54) is 5.56 Å². The second-order valence-corrected chi connectivity index (χ2v) is 6.04. The SMILES string of the molecule is Cc1ccc(C(=O)N2CCCN(C)c3ccccc32)c(C)c1. The number of nitrogens with zero attached hydrogens (tertiary/aromatic N) is 2. The van der Waals surface area contributed by atoms with Gasteiger partial charge < -0.3 is 9.80 Å². The first-order chi connectivity index (χ1) is 10.6. The van der Waals surface area contributed by atoms with Crippen LogP contribution in [0.3, 0.4) is 0 Å². The van der Waals surface area contributed by atoms with Crippen molar-refractivity contribution in [1.82, 2.24) is 0 Å². The van der Waals surface area contributed by atoms with E-state index in [0.717, 1.165) is 42.0 Å². The van der Waals surface area contributed by atoms with Gasteiger partial charge in [0.05, 0.1) is 11.4 Å². The van der Waals surface area contributed by atoms with Gasteiger partial charge in [-0.25, -0.2) is 0 Å². The third-order valence-corrected chi connectivity index (χ3v) is 4.32. The molecule has 2 aromatic rings. The molecule has 1 amide bonds. The van der Waals surface area contributed by atoms with E-state index in [9.17, 15) is 4.79 Å². The van der Waals surface area contributed by atoms with Crippen LogP contribution in [-0.2, 0) is 0 Å². The van der Waals surface area contributed by atoms with Crippen molar-refractivity contribution in [3.8, 4) is 0 Å². The molecule has 1 aliphatic heterocycles. The fourth-order valence-corrected chi connectivity index (χ4v) is 3.13. The third-order valence-electron chi connectivity index (χ3n) is 4.32. The quantitative estimate of drug-likeness (QED) is 0.799.